The highest BCUT2D eigenvalue weighted by Gasteiger charge is 2.38. The molecule has 1 aliphatic rings. The Morgan fingerprint density at radius 2 is 1.70 bits per heavy atom. The van der Waals surface area contributed by atoms with Crippen LogP contribution in [0.25, 0.3) is 11.0 Å². The number of hydrogen-bond donors (Lipinski definition) is 1. The monoisotopic (exact) mass is 462 g/mol. The van der Waals surface area contributed by atoms with Gasteiger partial charge in [-0.05, 0) is 24.1 Å². The number of hydrogen-bond acceptors (Lipinski definition) is 7. The molecule has 33 heavy (non-hydrogen) atoms. The number of carbonyl (C=O) groups is 3. The molecule has 0 saturated heterocycles. The second kappa shape index (κ2) is 9.38. The molecule has 0 unspecified atom stereocenters. The summed E-state index contributed by atoms with van der Waals surface area (Å²) in [7, 11) is 1.27. The number of nitrogens with two attached hydrogens (primary N) is 1. The lowest BCUT2D eigenvalue weighted by molar-refractivity contribution is -0.133. The van der Waals surface area contributed by atoms with Crippen molar-refractivity contribution in [1.29, 1.82) is 0 Å². The van der Waals surface area contributed by atoms with Crippen LogP contribution in [0.4, 0.5) is 5.69 Å². The minimum absolute atomic E-state index is 0.0661. The summed E-state index contributed by atoms with van der Waals surface area (Å²) >= 11 is 1.08. The summed E-state index contributed by atoms with van der Waals surface area (Å²) in [6.07, 6.45) is 1.74. The van der Waals surface area contributed by atoms with E-state index in [4.69, 9.17) is 15.2 Å². The molecule has 2 aromatic carbocycles. The SMILES string of the molecule is CCOC(=O)c1c(N)/c(=C\c2ccccc2)c2n1C(=O)[C@@H](c1ccccc1)SC=2C(=O)OC. The highest BCUT2D eigenvalue weighted by Crippen LogP contribution is 2.39. The molecule has 2 N–H and O–H groups in total. The van der Waals surface area contributed by atoms with Crippen molar-refractivity contribution in [2.75, 3.05) is 19.5 Å². The highest BCUT2D eigenvalue weighted by atomic mass is 32.2. The Balaban J connectivity index is 2.11. The average Bonchev–Trinajstić information content (AvgIpc) is 3.13. The maximum atomic E-state index is 13.7. The van der Waals surface area contributed by atoms with Gasteiger partial charge in [-0.2, -0.15) is 0 Å². The number of thioether (sulfide) groups is 1. The van der Waals surface area contributed by atoms with Gasteiger partial charge in [-0.15, -0.1) is 0 Å². The summed E-state index contributed by atoms with van der Waals surface area (Å²) in [6.45, 7) is 1.77. The topological polar surface area (TPSA) is 101 Å². The number of rotatable bonds is 5. The zero-order valence-electron chi connectivity index (χ0n) is 18.1. The van der Waals surface area contributed by atoms with Gasteiger partial charge >= 0.3 is 11.9 Å². The van der Waals surface area contributed by atoms with Gasteiger partial charge in [0.2, 0.25) is 5.91 Å². The van der Waals surface area contributed by atoms with Crippen LogP contribution in [0.2, 0.25) is 0 Å². The zero-order chi connectivity index (χ0) is 23.5. The fourth-order valence-electron chi connectivity index (χ4n) is 3.73. The summed E-state index contributed by atoms with van der Waals surface area (Å²) < 4.78 is 11.5. The van der Waals surface area contributed by atoms with Crippen LogP contribution in [0.5, 0.6) is 0 Å². The van der Waals surface area contributed by atoms with Crippen molar-refractivity contribution < 1.29 is 23.9 Å². The first-order valence-corrected chi connectivity index (χ1v) is 11.2. The molecule has 0 saturated carbocycles. The Labute approximate surface area is 194 Å². The third-order valence-electron chi connectivity index (χ3n) is 5.20. The molecule has 1 atom stereocenters. The predicted molar refractivity (Wildman–Crippen MR) is 127 cm³/mol. The number of aromatic nitrogens is 1. The van der Waals surface area contributed by atoms with Gasteiger partial charge < -0.3 is 15.2 Å². The van der Waals surface area contributed by atoms with Crippen LogP contribution < -0.4 is 16.3 Å². The predicted octanol–water partition coefficient (Wildman–Crippen LogP) is 2.49. The smallest absolute Gasteiger partial charge is 0.357 e. The number of fused-ring (bicyclic) bond motifs is 1. The van der Waals surface area contributed by atoms with Crippen molar-refractivity contribution in [3.63, 3.8) is 0 Å². The zero-order valence-corrected chi connectivity index (χ0v) is 18.9. The lowest BCUT2D eigenvalue weighted by Crippen LogP contribution is -2.42. The van der Waals surface area contributed by atoms with E-state index in [2.05, 4.69) is 0 Å². The first-order chi connectivity index (χ1) is 16.0. The van der Waals surface area contributed by atoms with E-state index in [-0.39, 0.29) is 28.2 Å². The van der Waals surface area contributed by atoms with E-state index in [9.17, 15) is 14.4 Å². The Kier molecular flexibility index (Phi) is 6.37. The lowest BCUT2D eigenvalue weighted by atomic mass is 10.1. The average molecular weight is 463 g/mol. The largest absolute Gasteiger partial charge is 0.465 e. The van der Waals surface area contributed by atoms with E-state index in [0.717, 1.165) is 17.3 Å². The number of nitrogens with zero attached hydrogens (tertiary/aromatic N) is 1. The molecule has 1 aromatic heterocycles. The first-order valence-electron chi connectivity index (χ1n) is 10.3. The minimum atomic E-state index is -0.766. The Morgan fingerprint density at radius 1 is 1.06 bits per heavy atom. The summed E-state index contributed by atoms with van der Waals surface area (Å²) in [5.41, 5.74) is 7.89. The number of methoxy groups -OCH3 is 1. The molecule has 4 rings (SSSR count). The number of ether oxygens (including phenoxy) is 2. The molecule has 168 valence electrons. The lowest BCUT2D eigenvalue weighted by Gasteiger charge is -2.23. The Bertz CT molecular complexity index is 1350. The number of benzene rings is 2. The van der Waals surface area contributed by atoms with E-state index in [1.165, 1.54) is 11.7 Å². The summed E-state index contributed by atoms with van der Waals surface area (Å²) in [4.78, 5) is 39.7. The van der Waals surface area contributed by atoms with Gasteiger partial charge in [0.05, 0.1) is 24.8 Å². The minimum Gasteiger partial charge on any atom is -0.465 e. The molecule has 2 heterocycles. The van der Waals surface area contributed by atoms with E-state index in [1.807, 2.05) is 36.4 Å². The van der Waals surface area contributed by atoms with E-state index in [0.29, 0.717) is 10.8 Å². The molecule has 1 aliphatic heterocycles. The third-order valence-corrected chi connectivity index (χ3v) is 6.50. The second-order valence-electron chi connectivity index (χ2n) is 7.20. The summed E-state index contributed by atoms with van der Waals surface area (Å²) in [5, 5.41) is -0.150. The Hall–Kier alpha value is -3.78. The quantitative estimate of drug-likeness (QED) is 0.582. The van der Waals surface area contributed by atoms with Gasteiger partial charge in [0, 0.05) is 5.22 Å². The molecule has 0 radical (unpaired) electrons. The normalized spacial score (nSPS) is 15.8. The molecule has 0 spiro atoms. The molecular formula is C25H22N2O5S. The fourth-order valence-corrected chi connectivity index (χ4v) is 4.96. The van der Waals surface area contributed by atoms with Gasteiger partial charge in [-0.3, -0.25) is 9.36 Å². The van der Waals surface area contributed by atoms with Crippen molar-refractivity contribution in [3.05, 3.63) is 88.1 Å². The van der Waals surface area contributed by atoms with Crippen molar-refractivity contribution in [2.45, 2.75) is 12.2 Å². The van der Waals surface area contributed by atoms with Crippen LogP contribution >= 0.6 is 11.8 Å². The van der Waals surface area contributed by atoms with Crippen molar-refractivity contribution in [3.8, 4) is 0 Å². The van der Waals surface area contributed by atoms with Crippen LogP contribution in [0.15, 0.2) is 60.7 Å². The number of anilines is 1. The molecule has 0 amide bonds. The van der Waals surface area contributed by atoms with Gasteiger partial charge in [-0.25, -0.2) is 9.59 Å². The molecular weight excluding hydrogens is 440 g/mol. The summed E-state index contributed by atoms with van der Waals surface area (Å²) in [6, 6.07) is 18.3. The fraction of sp³-hybridized carbons (Fsp3) is 0.160. The van der Waals surface area contributed by atoms with Gasteiger partial charge in [0.1, 0.15) is 10.2 Å². The van der Waals surface area contributed by atoms with Crippen LogP contribution in [-0.2, 0) is 14.3 Å². The molecule has 3 aromatic rings. The maximum Gasteiger partial charge on any atom is 0.357 e. The second-order valence-corrected chi connectivity index (χ2v) is 8.32. The summed E-state index contributed by atoms with van der Waals surface area (Å²) in [5.74, 6) is -1.75. The molecule has 8 heteroatoms. The molecule has 7 nitrogen and oxygen atoms in total. The first kappa shape index (κ1) is 22.4. The van der Waals surface area contributed by atoms with Crippen molar-refractivity contribution >= 4 is 46.3 Å². The van der Waals surface area contributed by atoms with Gasteiger partial charge in [0.25, 0.3) is 0 Å². The van der Waals surface area contributed by atoms with E-state index < -0.39 is 23.1 Å². The molecule has 0 bridgehead atoms. The van der Waals surface area contributed by atoms with E-state index in [1.54, 1.807) is 37.3 Å². The van der Waals surface area contributed by atoms with Gasteiger partial charge in [-0.1, -0.05) is 72.4 Å². The van der Waals surface area contributed by atoms with Crippen molar-refractivity contribution in [2.24, 2.45) is 0 Å². The number of esters is 2. The van der Waals surface area contributed by atoms with Crippen LogP contribution in [0.3, 0.4) is 0 Å². The number of carbonyl (C=O) groups excluding carboxylic acids is 3. The maximum absolute atomic E-state index is 13.7. The number of nitrogen functional groups attached to an aromatic ring is 1. The Morgan fingerprint density at radius 3 is 2.30 bits per heavy atom. The van der Waals surface area contributed by atoms with Crippen LogP contribution in [0, 0.1) is 0 Å². The molecule has 0 aliphatic carbocycles. The van der Waals surface area contributed by atoms with Crippen molar-refractivity contribution in [1.82, 2.24) is 4.57 Å². The van der Waals surface area contributed by atoms with Gasteiger partial charge in [0.15, 0.2) is 5.69 Å². The van der Waals surface area contributed by atoms with Crippen LogP contribution in [-0.4, -0.2) is 36.1 Å². The van der Waals surface area contributed by atoms with E-state index >= 15 is 0 Å². The third kappa shape index (κ3) is 4.05. The standard InChI is InChI=1S/C25H22N2O5S/c1-3-32-24(29)20-18(26)17(14-15-10-6-4-7-11-15)19-22(25(30)31-2)33-21(23(28)27(19)20)16-12-8-5-9-13-16/h4-14,21H,3,26H2,1-2H3/b17-14+/t21-/m1/s1. The highest BCUT2D eigenvalue weighted by molar-refractivity contribution is 8.10. The van der Waals surface area contributed by atoms with Crippen LogP contribution in [0.1, 0.15) is 38.6 Å². The molecule has 0 fully saturated rings.